The van der Waals surface area contributed by atoms with E-state index in [2.05, 4.69) is 4.90 Å². The average molecular weight is 341 g/mol. The molecular weight excluding hydrogens is 314 g/mol. The fraction of sp³-hybridized carbons (Fsp3) is 0.429. The van der Waals surface area contributed by atoms with Crippen molar-refractivity contribution in [1.82, 2.24) is 4.90 Å². The van der Waals surface area contributed by atoms with Gasteiger partial charge in [0.2, 0.25) is 0 Å². The minimum atomic E-state index is -0.501. The molecule has 1 heterocycles. The van der Waals surface area contributed by atoms with E-state index in [9.17, 15) is 10.2 Å². The quantitative estimate of drug-likeness (QED) is 0.813. The van der Waals surface area contributed by atoms with Gasteiger partial charge in [-0.1, -0.05) is 48.9 Å². The van der Waals surface area contributed by atoms with E-state index in [1.54, 1.807) is 0 Å². The summed E-state index contributed by atoms with van der Waals surface area (Å²) in [6.45, 7) is 3.06. The molecule has 0 unspecified atom stereocenters. The van der Waals surface area contributed by atoms with Crippen molar-refractivity contribution in [2.24, 2.45) is 0 Å². The van der Waals surface area contributed by atoms with Gasteiger partial charge in [0.05, 0.1) is 6.61 Å². The minimum Gasteiger partial charge on any atom is -0.490 e. The number of para-hydroxylation sites is 1. The molecule has 3 rings (SSSR count). The van der Waals surface area contributed by atoms with Gasteiger partial charge in [0.15, 0.2) is 0 Å². The van der Waals surface area contributed by atoms with Crippen LogP contribution in [-0.4, -0.2) is 47.5 Å². The molecule has 0 amide bonds. The van der Waals surface area contributed by atoms with Crippen LogP contribution in [0.1, 0.15) is 24.8 Å². The molecule has 25 heavy (non-hydrogen) atoms. The summed E-state index contributed by atoms with van der Waals surface area (Å²) < 4.78 is 5.94. The summed E-state index contributed by atoms with van der Waals surface area (Å²) in [6, 6.07) is 15.6. The monoisotopic (exact) mass is 341 g/mol. The molecule has 2 aromatic carbocycles. The van der Waals surface area contributed by atoms with Gasteiger partial charge in [0.25, 0.3) is 0 Å². The van der Waals surface area contributed by atoms with Crippen LogP contribution in [0.2, 0.25) is 0 Å². The molecule has 0 aromatic heterocycles. The SMILES string of the molecule is OCc1ccccc1-c1ccccc1OC[C@H](O)CN1CCCCC1. The van der Waals surface area contributed by atoms with Crippen LogP contribution in [0.4, 0.5) is 0 Å². The van der Waals surface area contributed by atoms with Gasteiger partial charge in [-0.15, -0.1) is 0 Å². The van der Waals surface area contributed by atoms with E-state index in [0.717, 1.165) is 35.5 Å². The number of nitrogens with zero attached hydrogens (tertiary/aromatic N) is 1. The number of piperidine rings is 1. The molecule has 0 aliphatic carbocycles. The fourth-order valence-electron chi connectivity index (χ4n) is 3.41. The Balaban J connectivity index is 1.67. The van der Waals surface area contributed by atoms with Crippen molar-refractivity contribution in [2.75, 3.05) is 26.2 Å². The number of hydrogen-bond acceptors (Lipinski definition) is 4. The first kappa shape index (κ1) is 17.9. The van der Waals surface area contributed by atoms with Crippen LogP contribution >= 0.6 is 0 Å². The maximum absolute atomic E-state index is 10.3. The van der Waals surface area contributed by atoms with Gasteiger partial charge in [0.1, 0.15) is 18.5 Å². The van der Waals surface area contributed by atoms with Crippen LogP contribution in [0.5, 0.6) is 5.75 Å². The third kappa shape index (κ3) is 4.82. The molecule has 2 N–H and O–H groups in total. The molecule has 4 heteroatoms. The van der Waals surface area contributed by atoms with Gasteiger partial charge >= 0.3 is 0 Å². The van der Waals surface area contributed by atoms with E-state index in [1.807, 2.05) is 48.5 Å². The topological polar surface area (TPSA) is 52.9 Å². The van der Waals surface area contributed by atoms with Crippen molar-refractivity contribution in [1.29, 1.82) is 0 Å². The number of ether oxygens (including phenoxy) is 1. The molecule has 0 radical (unpaired) electrons. The zero-order valence-electron chi connectivity index (χ0n) is 14.6. The summed E-state index contributed by atoms with van der Waals surface area (Å²) in [6.07, 6.45) is 3.22. The molecule has 0 bridgehead atoms. The van der Waals surface area contributed by atoms with Crippen LogP contribution in [0.3, 0.4) is 0 Å². The summed E-state index contributed by atoms with van der Waals surface area (Å²) in [5, 5.41) is 19.9. The third-order valence-electron chi connectivity index (χ3n) is 4.71. The lowest BCUT2D eigenvalue weighted by atomic mass is 9.99. The van der Waals surface area contributed by atoms with Crippen molar-refractivity contribution >= 4 is 0 Å². The first-order valence-corrected chi connectivity index (χ1v) is 9.09. The van der Waals surface area contributed by atoms with Gasteiger partial charge in [0, 0.05) is 12.1 Å². The second kappa shape index (κ2) is 8.99. The van der Waals surface area contributed by atoms with Gasteiger partial charge in [-0.25, -0.2) is 0 Å². The Bertz CT molecular complexity index is 668. The number of likely N-dealkylation sites (tertiary alicyclic amines) is 1. The molecule has 1 aliphatic heterocycles. The zero-order chi connectivity index (χ0) is 17.5. The third-order valence-corrected chi connectivity index (χ3v) is 4.71. The lowest BCUT2D eigenvalue weighted by Gasteiger charge is -2.28. The summed E-state index contributed by atoms with van der Waals surface area (Å²) in [5.74, 6) is 0.737. The lowest BCUT2D eigenvalue weighted by Crippen LogP contribution is -2.38. The number of hydrogen-bond donors (Lipinski definition) is 2. The minimum absolute atomic E-state index is 0.0118. The van der Waals surface area contributed by atoms with Crippen molar-refractivity contribution < 1.29 is 14.9 Å². The largest absolute Gasteiger partial charge is 0.490 e. The molecule has 4 nitrogen and oxygen atoms in total. The molecule has 0 spiro atoms. The molecule has 1 atom stereocenters. The van der Waals surface area contributed by atoms with Gasteiger partial charge < -0.3 is 19.8 Å². The first-order valence-electron chi connectivity index (χ1n) is 9.09. The highest BCUT2D eigenvalue weighted by Crippen LogP contribution is 2.32. The Morgan fingerprint density at radius 3 is 2.36 bits per heavy atom. The molecule has 0 saturated carbocycles. The Hall–Kier alpha value is -1.88. The van der Waals surface area contributed by atoms with Crippen molar-refractivity contribution in [3.05, 3.63) is 54.1 Å². The summed E-state index contributed by atoms with van der Waals surface area (Å²) in [5.41, 5.74) is 2.77. The number of aliphatic hydroxyl groups excluding tert-OH is 2. The Kier molecular flexibility index (Phi) is 6.45. The highest BCUT2D eigenvalue weighted by atomic mass is 16.5. The van der Waals surface area contributed by atoms with Crippen LogP contribution < -0.4 is 4.74 Å². The molecule has 2 aromatic rings. The number of aliphatic hydroxyl groups is 2. The van der Waals surface area contributed by atoms with Crippen molar-refractivity contribution in [2.45, 2.75) is 32.0 Å². The second-order valence-electron chi connectivity index (χ2n) is 6.64. The molecule has 1 fully saturated rings. The summed E-state index contributed by atoms with van der Waals surface area (Å²) in [7, 11) is 0. The van der Waals surface area contributed by atoms with Crippen LogP contribution in [0.15, 0.2) is 48.5 Å². The van der Waals surface area contributed by atoms with Crippen LogP contribution in [0.25, 0.3) is 11.1 Å². The van der Waals surface area contributed by atoms with E-state index in [1.165, 1.54) is 19.3 Å². The molecule has 1 saturated heterocycles. The highest BCUT2D eigenvalue weighted by molar-refractivity contribution is 5.73. The molecule has 134 valence electrons. The standard InChI is InChI=1S/C21H27NO3/c23-15-17-8-2-3-9-19(17)20-10-4-5-11-21(20)25-16-18(24)14-22-12-6-1-7-13-22/h2-5,8-11,18,23-24H,1,6-7,12-16H2/t18-/m1/s1. The highest BCUT2D eigenvalue weighted by Gasteiger charge is 2.16. The van der Waals surface area contributed by atoms with E-state index in [4.69, 9.17) is 4.74 Å². The average Bonchev–Trinajstić information content (AvgIpc) is 2.67. The van der Waals surface area contributed by atoms with E-state index < -0.39 is 6.10 Å². The van der Waals surface area contributed by atoms with Gasteiger partial charge in [-0.05, 0) is 43.1 Å². The molecule has 1 aliphatic rings. The Morgan fingerprint density at radius 2 is 1.60 bits per heavy atom. The fourth-order valence-corrected chi connectivity index (χ4v) is 3.41. The van der Waals surface area contributed by atoms with Crippen molar-refractivity contribution in [3.63, 3.8) is 0 Å². The summed E-state index contributed by atoms with van der Waals surface area (Å²) in [4.78, 5) is 2.31. The summed E-state index contributed by atoms with van der Waals surface area (Å²) >= 11 is 0. The maximum Gasteiger partial charge on any atom is 0.127 e. The molecular formula is C21H27NO3. The lowest BCUT2D eigenvalue weighted by molar-refractivity contribution is 0.0619. The van der Waals surface area contributed by atoms with Crippen LogP contribution in [0, 0.1) is 0 Å². The van der Waals surface area contributed by atoms with E-state index >= 15 is 0 Å². The Morgan fingerprint density at radius 1 is 0.920 bits per heavy atom. The zero-order valence-corrected chi connectivity index (χ0v) is 14.6. The number of rotatable bonds is 7. The number of benzene rings is 2. The van der Waals surface area contributed by atoms with E-state index in [-0.39, 0.29) is 13.2 Å². The number of β-amino-alcohol motifs (C(OH)–C–C–N with tert-alkyl or cyclic N) is 1. The van der Waals surface area contributed by atoms with Crippen LogP contribution in [-0.2, 0) is 6.61 Å². The smallest absolute Gasteiger partial charge is 0.127 e. The first-order chi connectivity index (χ1) is 12.3. The maximum atomic E-state index is 10.3. The van der Waals surface area contributed by atoms with E-state index in [0.29, 0.717) is 6.54 Å². The normalized spacial score (nSPS) is 16.6. The Labute approximate surface area is 149 Å². The van der Waals surface area contributed by atoms with Crippen molar-refractivity contribution in [3.8, 4) is 16.9 Å². The second-order valence-corrected chi connectivity index (χ2v) is 6.64. The predicted octanol–water partition coefficient (Wildman–Crippen LogP) is 3.07. The predicted molar refractivity (Wildman–Crippen MR) is 99.6 cm³/mol. The van der Waals surface area contributed by atoms with Gasteiger partial charge in [-0.2, -0.15) is 0 Å². The van der Waals surface area contributed by atoms with Gasteiger partial charge in [-0.3, -0.25) is 0 Å².